The number of rotatable bonds is 12. The first-order valence-corrected chi connectivity index (χ1v) is 19.5. The molecule has 2 N–H and O–H groups in total. The predicted molar refractivity (Wildman–Crippen MR) is 202 cm³/mol. The molecule has 1 aliphatic rings. The first kappa shape index (κ1) is 37.9. The van der Waals surface area contributed by atoms with Crippen LogP contribution >= 0.6 is 39.1 Å². The van der Waals surface area contributed by atoms with Gasteiger partial charge in [-0.1, -0.05) is 60.5 Å². The summed E-state index contributed by atoms with van der Waals surface area (Å²) in [7, 11) is -1.30. The first-order valence-electron chi connectivity index (χ1n) is 16.4. The van der Waals surface area contributed by atoms with Crippen molar-refractivity contribution in [2.75, 3.05) is 39.0 Å². The first-order chi connectivity index (χ1) is 23.9. The number of primary amides is 1. The third kappa shape index (κ3) is 8.58. The monoisotopic (exact) mass is 798 g/mol. The second-order valence-electron chi connectivity index (χ2n) is 12.6. The van der Waals surface area contributed by atoms with Crippen molar-refractivity contribution in [2.24, 2.45) is 5.73 Å². The van der Waals surface area contributed by atoms with Gasteiger partial charge in [0.25, 0.3) is 5.91 Å². The summed E-state index contributed by atoms with van der Waals surface area (Å²) < 4.78 is 27.7. The fourth-order valence-electron chi connectivity index (χ4n) is 6.95. The van der Waals surface area contributed by atoms with E-state index in [2.05, 4.69) is 26.9 Å². The van der Waals surface area contributed by atoms with Gasteiger partial charge < -0.3 is 15.5 Å². The Labute approximate surface area is 313 Å². The molecule has 2 atom stereocenters. The lowest BCUT2D eigenvalue weighted by Crippen LogP contribution is -2.42. The number of benzene rings is 4. The summed E-state index contributed by atoms with van der Waals surface area (Å²) in [5.41, 5.74) is 8.66. The van der Waals surface area contributed by atoms with Crippen LogP contribution in [0.2, 0.25) is 10.0 Å². The van der Waals surface area contributed by atoms with Crippen molar-refractivity contribution in [1.82, 2.24) is 9.80 Å². The molecule has 0 spiro atoms. The van der Waals surface area contributed by atoms with Crippen LogP contribution in [0.5, 0.6) is 0 Å². The van der Waals surface area contributed by atoms with E-state index in [9.17, 15) is 19.1 Å². The van der Waals surface area contributed by atoms with Gasteiger partial charge in [-0.3, -0.25) is 13.8 Å². The maximum absolute atomic E-state index is 15.1. The van der Waals surface area contributed by atoms with Crippen LogP contribution < -0.4 is 5.73 Å². The molecule has 0 bridgehead atoms. The SMILES string of the molecule is CCc1c(C#N)cc2ccccc2c1C(=O)N(CC(N)=O)CC(CCN1CCC(c2cc(Br)c(S(C)=O)cc2F)CC1)c1ccc(Cl)c(Cl)c1. The summed E-state index contributed by atoms with van der Waals surface area (Å²) in [4.78, 5) is 31.2. The molecular weight excluding hydrogens is 762 g/mol. The molecule has 1 fully saturated rings. The zero-order valence-corrected chi connectivity index (χ0v) is 31.8. The van der Waals surface area contributed by atoms with Gasteiger partial charge in [0.1, 0.15) is 5.82 Å². The van der Waals surface area contributed by atoms with Crippen LogP contribution in [0.25, 0.3) is 10.8 Å². The lowest BCUT2D eigenvalue weighted by Gasteiger charge is -2.34. The van der Waals surface area contributed by atoms with Crippen molar-refractivity contribution in [2.45, 2.75) is 49.3 Å². The van der Waals surface area contributed by atoms with E-state index in [1.807, 2.05) is 37.3 Å². The highest BCUT2D eigenvalue weighted by molar-refractivity contribution is 9.10. The Morgan fingerprint density at radius 3 is 2.48 bits per heavy atom. The Balaban J connectivity index is 1.40. The molecule has 1 heterocycles. The highest BCUT2D eigenvalue weighted by atomic mass is 79.9. The van der Waals surface area contributed by atoms with Crippen LogP contribution in [0.4, 0.5) is 4.39 Å². The Bertz CT molecular complexity index is 2000. The zero-order valence-electron chi connectivity index (χ0n) is 27.9. The number of amides is 2. The Morgan fingerprint density at radius 1 is 1.12 bits per heavy atom. The minimum absolute atomic E-state index is 0.0307. The summed E-state index contributed by atoms with van der Waals surface area (Å²) in [5.74, 6) is -1.56. The number of nitrogens with two attached hydrogens (primary N) is 1. The highest BCUT2D eigenvalue weighted by Gasteiger charge is 2.29. The number of piperidine rings is 1. The van der Waals surface area contributed by atoms with Crippen LogP contribution in [0.3, 0.4) is 0 Å². The largest absolute Gasteiger partial charge is 0.368 e. The number of hydrogen-bond acceptors (Lipinski definition) is 5. The van der Waals surface area contributed by atoms with Gasteiger partial charge >= 0.3 is 0 Å². The van der Waals surface area contributed by atoms with Gasteiger partial charge in [-0.05, 0) is 125 Å². The van der Waals surface area contributed by atoms with Gasteiger partial charge in [-0.15, -0.1) is 0 Å². The van der Waals surface area contributed by atoms with Crippen LogP contribution in [0, 0.1) is 17.1 Å². The molecule has 0 saturated carbocycles. The molecule has 0 aliphatic carbocycles. The molecule has 4 aromatic rings. The summed E-state index contributed by atoms with van der Waals surface area (Å²) in [6.07, 6.45) is 4.12. The third-order valence-electron chi connectivity index (χ3n) is 9.52. The molecule has 1 saturated heterocycles. The van der Waals surface area contributed by atoms with Crippen LogP contribution in [-0.2, 0) is 22.0 Å². The van der Waals surface area contributed by atoms with Crippen LogP contribution in [-0.4, -0.2) is 64.8 Å². The molecule has 50 heavy (non-hydrogen) atoms. The van der Waals surface area contributed by atoms with E-state index in [-0.39, 0.29) is 36.6 Å². The molecule has 0 radical (unpaired) electrons. The topological polar surface area (TPSA) is 108 Å². The molecule has 2 unspecified atom stereocenters. The molecule has 0 aromatic heterocycles. The average Bonchev–Trinajstić information content (AvgIpc) is 3.10. The standard InChI is InChI=1S/C38H38BrCl2FN4O3S/c1-3-28-27(20-43)16-25-6-4-5-7-29(25)37(28)38(48)46(22-36(44)47)21-26(24-8-9-32(40)33(41)17-24)12-15-45-13-10-23(11-14-45)30-18-31(39)35(50(2)49)19-34(30)42/h4-9,16-19,23,26H,3,10-15,21-22H2,1-2H3,(H2,44,47). The smallest absolute Gasteiger partial charge is 0.255 e. The Kier molecular flexibility index (Phi) is 12.7. The van der Waals surface area contributed by atoms with Crippen molar-refractivity contribution in [3.63, 3.8) is 0 Å². The second-order valence-corrected chi connectivity index (χ2v) is 15.7. The molecule has 7 nitrogen and oxygen atoms in total. The van der Waals surface area contributed by atoms with Crippen molar-refractivity contribution >= 4 is 72.5 Å². The predicted octanol–water partition coefficient (Wildman–Crippen LogP) is 8.20. The van der Waals surface area contributed by atoms with Gasteiger partial charge in [-0.25, -0.2) is 4.39 Å². The van der Waals surface area contributed by atoms with E-state index in [4.69, 9.17) is 28.9 Å². The van der Waals surface area contributed by atoms with Gasteiger partial charge in [0, 0.05) is 23.2 Å². The molecule has 12 heteroatoms. The number of likely N-dealkylation sites (tertiary alicyclic amines) is 1. The summed E-state index contributed by atoms with van der Waals surface area (Å²) in [6, 6.07) is 20.0. The number of nitrogens with zero attached hydrogens (tertiary/aromatic N) is 3. The molecule has 2 amide bonds. The van der Waals surface area contributed by atoms with Crippen LogP contribution in [0.1, 0.15) is 70.6 Å². The van der Waals surface area contributed by atoms with Crippen molar-refractivity contribution in [3.05, 3.63) is 109 Å². The third-order valence-corrected chi connectivity index (χ3v) is 12.1. The van der Waals surface area contributed by atoms with Crippen LogP contribution in [0.15, 0.2) is 70.0 Å². The fraction of sp³-hybridized carbons (Fsp3) is 0.342. The van der Waals surface area contributed by atoms with E-state index < -0.39 is 16.7 Å². The van der Waals surface area contributed by atoms with Crippen molar-refractivity contribution < 1.29 is 18.2 Å². The lowest BCUT2D eigenvalue weighted by atomic mass is 9.88. The maximum atomic E-state index is 15.1. The number of carbonyl (C=O) groups excluding carboxylic acids is 2. The number of fused-ring (bicyclic) bond motifs is 1. The van der Waals surface area contributed by atoms with E-state index in [0.29, 0.717) is 66.4 Å². The van der Waals surface area contributed by atoms with Gasteiger partial charge in [0.15, 0.2) is 0 Å². The number of nitriles is 1. The minimum atomic E-state index is -1.30. The zero-order chi connectivity index (χ0) is 36.1. The summed E-state index contributed by atoms with van der Waals surface area (Å²) in [5, 5.41) is 12.2. The normalized spacial score (nSPS) is 15.1. The molecule has 262 valence electrons. The summed E-state index contributed by atoms with van der Waals surface area (Å²) in [6.45, 7) is 3.94. The van der Waals surface area contributed by atoms with Crippen molar-refractivity contribution in [1.29, 1.82) is 5.26 Å². The molecule has 4 aromatic carbocycles. The van der Waals surface area contributed by atoms with E-state index in [1.165, 1.54) is 17.2 Å². The van der Waals surface area contributed by atoms with E-state index >= 15 is 4.39 Å². The van der Waals surface area contributed by atoms with Gasteiger partial charge in [0.05, 0.1) is 49.5 Å². The minimum Gasteiger partial charge on any atom is -0.368 e. The Hall–Kier alpha value is -3.33. The summed E-state index contributed by atoms with van der Waals surface area (Å²) >= 11 is 16.2. The van der Waals surface area contributed by atoms with Gasteiger partial charge in [0.2, 0.25) is 5.91 Å². The number of hydrogen-bond donors (Lipinski definition) is 1. The second kappa shape index (κ2) is 16.8. The highest BCUT2D eigenvalue weighted by Crippen LogP contribution is 2.36. The lowest BCUT2D eigenvalue weighted by molar-refractivity contribution is -0.118. The maximum Gasteiger partial charge on any atom is 0.255 e. The molecular formula is C38H38BrCl2FN4O3S. The average molecular weight is 801 g/mol. The quantitative estimate of drug-likeness (QED) is 0.156. The Morgan fingerprint density at radius 2 is 1.84 bits per heavy atom. The van der Waals surface area contributed by atoms with Gasteiger partial charge in [-0.2, -0.15) is 5.26 Å². The van der Waals surface area contributed by atoms with E-state index in [1.54, 1.807) is 24.3 Å². The molecule has 1 aliphatic heterocycles. The van der Waals surface area contributed by atoms with Crippen molar-refractivity contribution in [3.8, 4) is 6.07 Å². The molecule has 5 rings (SSSR count). The fourth-order valence-corrected chi connectivity index (χ4v) is 8.90. The van der Waals surface area contributed by atoms with E-state index in [0.717, 1.165) is 36.9 Å². The number of halogens is 4. The number of carbonyl (C=O) groups is 2.